The zero-order valence-electron chi connectivity index (χ0n) is 10.2. The van der Waals surface area contributed by atoms with Crippen molar-refractivity contribution in [1.29, 1.82) is 0 Å². The molecular formula is C14H20N2O. The molecule has 2 aliphatic rings. The first-order valence-corrected chi connectivity index (χ1v) is 6.54. The number of hydrogen-bond donors (Lipinski definition) is 1. The number of ether oxygens (including phenoxy) is 1. The van der Waals surface area contributed by atoms with Crippen molar-refractivity contribution in [2.24, 2.45) is 5.92 Å². The fraction of sp³-hybridized carbons (Fsp3) is 0.571. The van der Waals surface area contributed by atoms with Crippen LogP contribution in [0, 0.1) is 5.92 Å². The first kappa shape index (κ1) is 10.9. The van der Waals surface area contributed by atoms with Gasteiger partial charge in [-0.05, 0) is 43.0 Å². The highest BCUT2D eigenvalue weighted by atomic mass is 16.5. The van der Waals surface area contributed by atoms with Crippen LogP contribution in [-0.2, 0) is 11.2 Å². The van der Waals surface area contributed by atoms with Gasteiger partial charge in [0.05, 0.1) is 13.2 Å². The molecule has 2 N–H and O–H groups in total. The van der Waals surface area contributed by atoms with Crippen LogP contribution >= 0.6 is 0 Å². The Kier molecular flexibility index (Phi) is 2.93. The maximum atomic E-state index is 5.85. The lowest BCUT2D eigenvalue weighted by Crippen LogP contribution is -2.35. The van der Waals surface area contributed by atoms with Crippen LogP contribution in [0.3, 0.4) is 0 Å². The highest BCUT2D eigenvalue weighted by Gasteiger charge is 2.21. The van der Waals surface area contributed by atoms with Crippen molar-refractivity contribution in [3.8, 4) is 0 Å². The van der Waals surface area contributed by atoms with Gasteiger partial charge < -0.3 is 15.4 Å². The largest absolute Gasteiger partial charge is 0.399 e. The summed E-state index contributed by atoms with van der Waals surface area (Å²) in [6.45, 7) is 4.26. The maximum absolute atomic E-state index is 5.85. The lowest BCUT2D eigenvalue weighted by Gasteiger charge is -2.34. The van der Waals surface area contributed by atoms with Crippen LogP contribution in [-0.4, -0.2) is 26.3 Å². The van der Waals surface area contributed by atoms with Gasteiger partial charge in [0.1, 0.15) is 0 Å². The third kappa shape index (κ3) is 2.25. The van der Waals surface area contributed by atoms with Gasteiger partial charge in [-0.2, -0.15) is 0 Å². The van der Waals surface area contributed by atoms with E-state index in [1.807, 2.05) is 6.07 Å². The molecule has 2 aliphatic heterocycles. The molecule has 2 heterocycles. The minimum absolute atomic E-state index is 0.786. The van der Waals surface area contributed by atoms with E-state index in [2.05, 4.69) is 17.0 Å². The predicted molar refractivity (Wildman–Crippen MR) is 70.3 cm³/mol. The van der Waals surface area contributed by atoms with Crippen molar-refractivity contribution in [2.75, 3.05) is 36.9 Å². The molecule has 0 bridgehead atoms. The van der Waals surface area contributed by atoms with Gasteiger partial charge in [-0.15, -0.1) is 0 Å². The Morgan fingerprint density at radius 2 is 2.24 bits per heavy atom. The van der Waals surface area contributed by atoms with E-state index in [1.54, 1.807) is 0 Å². The van der Waals surface area contributed by atoms with Crippen molar-refractivity contribution in [2.45, 2.75) is 19.3 Å². The zero-order valence-corrected chi connectivity index (χ0v) is 10.2. The second kappa shape index (κ2) is 4.57. The minimum Gasteiger partial charge on any atom is -0.399 e. The Balaban J connectivity index is 1.69. The number of nitrogen functional groups attached to an aromatic ring is 1. The van der Waals surface area contributed by atoms with Crippen molar-refractivity contribution in [3.05, 3.63) is 23.8 Å². The van der Waals surface area contributed by atoms with Crippen LogP contribution in [0.15, 0.2) is 18.2 Å². The summed E-state index contributed by atoms with van der Waals surface area (Å²) in [7, 11) is 0. The topological polar surface area (TPSA) is 38.5 Å². The quantitative estimate of drug-likeness (QED) is 0.811. The molecule has 1 aromatic rings. The first-order chi connectivity index (χ1) is 8.33. The molecular weight excluding hydrogens is 212 g/mol. The van der Waals surface area contributed by atoms with Gasteiger partial charge >= 0.3 is 0 Å². The summed E-state index contributed by atoms with van der Waals surface area (Å²) in [6, 6.07) is 6.33. The van der Waals surface area contributed by atoms with Crippen LogP contribution < -0.4 is 10.6 Å². The van der Waals surface area contributed by atoms with Gasteiger partial charge in [-0.3, -0.25) is 0 Å². The van der Waals surface area contributed by atoms with Gasteiger partial charge in [0.2, 0.25) is 0 Å². The SMILES string of the molecule is Nc1ccc2c(c1)CCCN2CCC1COC1. The van der Waals surface area contributed by atoms with E-state index in [1.165, 1.54) is 37.1 Å². The summed E-state index contributed by atoms with van der Waals surface area (Å²) in [4.78, 5) is 2.51. The third-order valence-corrected chi connectivity index (χ3v) is 3.83. The van der Waals surface area contributed by atoms with Gasteiger partial charge in [0, 0.05) is 30.4 Å². The highest BCUT2D eigenvalue weighted by Crippen LogP contribution is 2.29. The summed E-state index contributed by atoms with van der Waals surface area (Å²) < 4.78 is 5.22. The molecule has 0 unspecified atom stereocenters. The van der Waals surface area contributed by atoms with Gasteiger partial charge in [-0.25, -0.2) is 0 Å². The molecule has 0 spiro atoms. The molecule has 0 aliphatic carbocycles. The van der Waals surface area contributed by atoms with Gasteiger partial charge in [0.15, 0.2) is 0 Å². The van der Waals surface area contributed by atoms with Crippen molar-refractivity contribution in [1.82, 2.24) is 0 Å². The lowest BCUT2D eigenvalue weighted by molar-refractivity contribution is -0.0344. The van der Waals surface area contributed by atoms with Crippen LogP contribution in [0.5, 0.6) is 0 Å². The Hall–Kier alpha value is -1.22. The van der Waals surface area contributed by atoms with E-state index >= 15 is 0 Å². The highest BCUT2D eigenvalue weighted by molar-refractivity contribution is 5.61. The van der Waals surface area contributed by atoms with Gasteiger partial charge in [-0.1, -0.05) is 0 Å². The van der Waals surface area contributed by atoms with Crippen LogP contribution in [0.2, 0.25) is 0 Å². The van der Waals surface area contributed by atoms with Crippen molar-refractivity contribution in [3.63, 3.8) is 0 Å². The first-order valence-electron chi connectivity index (χ1n) is 6.54. The number of anilines is 2. The molecule has 0 atom stereocenters. The number of hydrogen-bond acceptors (Lipinski definition) is 3. The predicted octanol–water partition coefficient (Wildman–Crippen LogP) is 2.06. The normalized spacial score (nSPS) is 19.9. The fourth-order valence-corrected chi connectivity index (χ4v) is 2.72. The summed E-state index contributed by atoms with van der Waals surface area (Å²) in [5, 5.41) is 0. The minimum atomic E-state index is 0.786. The van der Waals surface area contributed by atoms with Gasteiger partial charge in [0.25, 0.3) is 0 Å². The molecule has 0 radical (unpaired) electrons. The van der Waals surface area contributed by atoms with Crippen LogP contribution in [0.4, 0.5) is 11.4 Å². The molecule has 1 aromatic carbocycles. The Morgan fingerprint density at radius 3 is 3.00 bits per heavy atom. The Labute approximate surface area is 103 Å². The number of fused-ring (bicyclic) bond motifs is 1. The second-order valence-electron chi connectivity index (χ2n) is 5.17. The molecule has 0 aromatic heterocycles. The fourth-order valence-electron chi connectivity index (χ4n) is 2.72. The molecule has 3 nitrogen and oxygen atoms in total. The molecule has 3 rings (SSSR count). The van der Waals surface area contributed by atoms with E-state index in [4.69, 9.17) is 10.5 Å². The smallest absolute Gasteiger partial charge is 0.0517 e. The Bertz CT molecular complexity index is 401. The van der Waals surface area contributed by atoms with E-state index in [-0.39, 0.29) is 0 Å². The molecule has 0 amide bonds. The standard InChI is InChI=1S/C14H20N2O/c15-13-3-4-14-12(8-13)2-1-6-16(14)7-5-11-9-17-10-11/h3-4,8,11H,1-2,5-7,9-10,15H2. The number of benzene rings is 1. The maximum Gasteiger partial charge on any atom is 0.0517 e. The van der Waals surface area contributed by atoms with Crippen LogP contribution in [0.25, 0.3) is 0 Å². The molecule has 1 fully saturated rings. The molecule has 92 valence electrons. The zero-order chi connectivity index (χ0) is 11.7. The lowest BCUT2D eigenvalue weighted by atomic mass is 9.99. The number of nitrogens with two attached hydrogens (primary N) is 1. The second-order valence-corrected chi connectivity index (χ2v) is 5.17. The van der Waals surface area contributed by atoms with Crippen molar-refractivity contribution >= 4 is 11.4 Å². The van der Waals surface area contributed by atoms with Crippen molar-refractivity contribution < 1.29 is 4.74 Å². The summed E-state index contributed by atoms with van der Waals surface area (Å²) >= 11 is 0. The average Bonchev–Trinajstić information content (AvgIpc) is 2.26. The van der Waals surface area contributed by atoms with E-state index in [9.17, 15) is 0 Å². The average molecular weight is 232 g/mol. The number of rotatable bonds is 3. The number of aryl methyl sites for hydroxylation is 1. The Morgan fingerprint density at radius 1 is 1.35 bits per heavy atom. The summed E-state index contributed by atoms with van der Waals surface area (Å²) in [5.74, 6) is 0.786. The molecule has 3 heteroatoms. The van der Waals surface area contributed by atoms with E-state index in [0.29, 0.717) is 0 Å². The van der Waals surface area contributed by atoms with E-state index in [0.717, 1.165) is 31.4 Å². The third-order valence-electron chi connectivity index (χ3n) is 3.83. The molecule has 1 saturated heterocycles. The molecule has 17 heavy (non-hydrogen) atoms. The summed E-state index contributed by atoms with van der Waals surface area (Å²) in [6.07, 6.45) is 3.67. The number of nitrogens with zero attached hydrogens (tertiary/aromatic N) is 1. The molecule has 0 saturated carbocycles. The van der Waals surface area contributed by atoms with Crippen LogP contribution in [0.1, 0.15) is 18.4 Å². The van der Waals surface area contributed by atoms with E-state index < -0.39 is 0 Å². The summed E-state index contributed by atoms with van der Waals surface area (Å²) in [5.41, 5.74) is 9.54. The monoisotopic (exact) mass is 232 g/mol.